The van der Waals surface area contributed by atoms with Crippen molar-refractivity contribution in [3.05, 3.63) is 53.8 Å². The second kappa shape index (κ2) is 9.87. The summed E-state index contributed by atoms with van der Waals surface area (Å²) in [5.74, 6) is -1.82. The normalized spacial score (nSPS) is 18.7. The molecule has 0 bridgehead atoms. The number of amides is 2. The highest BCUT2D eigenvalue weighted by Crippen LogP contribution is 2.31. The second-order valence-corrected chi connectivity index (χ2v) is 9.04. The Morgan fingerprint density at radius 3 is 2.66 bits per heavy atom. The van der Waals surface area contributed by atoms with E-state index in [1.807, 2.05) is 13.8 Å². The third-order valence-corrected chi connectivity index (χ3v) is 6.06. The molecule has 0 aliphatic carbocycles. The largest absolute Gasteiger partial charge is 0.391 e. The van der Waals surface area contributed by atoms with Gasteiger partial charge in [0.25, 0.3) is 5.91 Å². The maximum atomic E-state index is 14.6. The van der Waals surface area contributed by atoms with E-state index in [-0.39, 0.29) is 30.5 Å². The first-order valence-corrected chi connectivity index (χ1v) is 11.3. The van der Waals surface area contributed by atoms with E-state index in [1.54, 1.807) is 37.0 Å². The van der Waals surface area contributed by atoms with Gasteiger partial charge in [-0.25, -0.2) is 4.39 Å². The molecule has 0 radical (unpaired) electrons. The van der Waals surface area contributed by atoms with Crippen molar-refractivity contribution in [3.8, 4) is 17.0 Å². The van der Waals surface area contributed by atoms with Crippen LogP contribution in [0.25, 0.3) is 11.3 Å². The van der Waals surface area contributed by atoms with Crippen molar-refractivity contribution in [2.45, 2.75) is 45.3 Å². The molecule has 3 atom stereocenters. The second-order valence-electron chi connectivity index (χ2n) is 9.04. The highest BCUT2D eigenvalue weighted by molar-refractivity contribution is 5.91. The van der Waals surface area contributed by atoms with Crippen molar-refractivity contribution in [2.24, 2.45) is 13.0 Å². The molecule has 0 unspecified atom stereocenters. The minimum absolute atomic E-state index is 0.00127. The molecule has 1 aliphatic heterocycles. The van der Waals surface area contributed by atoms with Crippen LogP contribution in [0.1, 0.15) is 37.6 Å². The van der Waals surface area contributed by atoms with Crippen LogP contribution in [0, 0.1) is 18.7 Å². The average molecular weight is 486 g/mol. The van der Waals surface area contributed by atoms with Crippen molar-refractivity contribution in [3.63, 3.8) is 0 Å². The molecule has 2 N–H and O–H groups in total. The Bertz CT molecular complexity index is 1220. The summed E-state index contributed by atoms with van der Waals surface area (Å²) in [7, 11) is 1.70. The van der Waals surface area contributed by atoms with Crippen LogP contribution in [-0.4, -0.2) is 55.4 Å². The summed E-state index contributed by atoms with van der Waals surface area (Å²) in [5.41, 5.74) is 3.86. The maximum absolute atomic E-state index is 14.6. The molecule has 1 saturated heterocycles. The molecule has 0 spiro atoms. The molecule has 11 heteroatoms. The van der Waals surface area contributed by atoms with Crippen LogP contribution in [0.5, 0.6) is 5.75 Å². The molecule has 186 valence electrons. The molecule has 1 fully saturated rings. The Hall–Kier alpha value is -3.73. The molecule has 4 rings (SSSR count). The lowest BCUT2D eigenvalue weighted by Crippen LogP contribution is -2.48. The average Bonchev–Trinajstić information content (AvgIpc) is 3.52. The molecule has 3 heterocycles. The minimum Gasteiger partial charge on any atom is -0.391 e. The van der Waals surface area contributed by atoms with E-state index in [2.05, 4.69) is 15.7 Å². The first-order chi connectivity index (χ1) is 16.7. The predicted molar refractivity (Wildman–Crippen MR) is 122 cm³/mol. The summed E-state index contributed by atoms with van der Waals surface area (Å²) >= 11 is 0. The number of hydrogen-bond donors (Lipinski definition) is 2. The third kappa shape index (κ3) is 5.04. The van der Waals surface area contributed by atoms with Gasteiger partial charge in [0.1, 0.15) is 23.5 Å². The van der Waals surface area contributed by atoms with E-state index in [9.17, 15) is 19.1 Å². The van der Waals surface area contributed by atoms with Crippen LogP contribution in [0.2, 0.25) is 0 Å². The first kappa shape index (κ1) is 24.4. The van der Waals surface area contributed by atoms with E-state index in [1.165, 1.54) is 17.0 Å². The number of carbonyl (C=O) groups excluding carboxylic acids is 2. The van der Waals surface area contributed by atoms with E-state index >= 15 is 0 Å². The number of β-amino-alcohol motifs (C(OH)–C–C–N with tert-alkyl or cyclic N) is 1. The minimum atomic E-state index is -0.957. The number of aromatic nitrogens is 3. The number of aliphatic hydroxyl groups is 1. The molecule has 0 saturated carbocycles. The van der Waals surface area contributed by atoms with E-state index in [4.69, 9.17) is 9.36 Å². The summed E-state index contributed by atoms with van der Waals surface area (Å²) in [5, 5.41) is 18.1. The topological polar surface area (TPSA) is 123 Å². The first-order valence-electron chi connectivity index (χ1n) is 11.3. The van der Waals surface area contributed by atoms with Crippen molar-refractivity contribution < 1.29 is 28.4 Å². The number of carbonyl (C=O) groups is 2. The fourth-order valence-corrected chi connectivity index (χ4v) is 4.33. The van der Waals surface area contributed by atoms with Crippen molar-refractivity contribution in [1.82, 2.24) is 25.3 Å². The molecule has 2 aromatic heterocycles. The number of hydrogen-bond acceptors (Lipinski definition) is 7. The summed E-state index contributed by atoms with van der Waals surface area (Å²) < 4.78 is 21.5. The van der Waals surface area contributed by atoms with E-state index in [0.29, 0.717) is 22.7 Å². The van der Waals surface area contributed by atoms with Gasteiger partial charge in [-0.3, -0.25) is 14.3 Å². The Labute approximate surface area is 201 Å². The number of aliphatic hydroxyl groups excluding tert-OH is 1. The Kier molecular flexibility index (Phi) is 6.88. The van der Waals surface area contributed by atoms with Gasteiger partial charge in [0, 0.05) is 43.9 Å². The van der Waals surface area contributed by atoms with Crippen LogP contribution in [-0.2, 0) is 16.6 Å². The molecule has 3 aromatic rings. The Morgan fingerprint density at radius 2 is 2.06 bits per heavy atom. The molecule has 35 heavy (non-hydrogen) atoms. The van der Waals surface area contributed by atoms with Crippen LogP contribution in [0.4, 0.5) is 4.39 Å². The quantitative estimate of drug-likeness (QED) is 0.493. The number of hydroxylamine groups is 1. The summed E-state index contributed by atoms with van der Waals surface area (Å²) in [6, 6.07) is 6.60. The molecule has 1 aliphatic rings. The molecule has 2 amide bonds. The molecule has 1 aromatic carbocycles. The van der Waals surface area contributed by atoms with E-state index in [0.717, 1.165) is 6.07 Å². The zero-order chi connectivity index (χ0) is 25.3. The SMILES string of the molecule is Cc1cc([C@H](C(=O)N2C[C@H](O)C[C@H]2C(=O)NOc2ccc(-c3ccnn3C)c(F)c2)C(C)C)on1. The van der Waals surface area contributed by atoms with Gasteiger partial charge in [-0.05, 0) is 31.0 Å². The van der Waals surface area contributed by atoms with Gasteiger partial charge in [0.05, 0.1) is 17.5 Å². The molecular formula is C24H28FN5O5. The monoisotopic (exact) mass is 485 g/mol. The van der Waals surface area contributed by atoms with Crippen LogP contribution in [0.15, 0.2) is 41.1 Å². The Balaban J connectivity index is 1.46. The number of aryl methyl sites for hydroxylation is 2. The van der Waals surface area contributed by atoms with Gasteiger partial charge in [-0.1, -0.05) is 19.0 Å². The highest BCUT2D eigenvalue weighted by Gasteiger charge is 2.43. The maximum Gasteiger partial charge on any atom is 0.275 e. The number of nitrogens with one attached hydrogen (secondary N) is 1. The van der Waals surface area contributed by atoms with Gasteiger partial charge >= 0.3 is 0 Å². The van der Waals surface area contributed by atoms with Gasteiger partial charge in [-0.15, -0.1) is 0 Å². The van der Waals surface area contributed by atoms with Crippen molar-refractivity contribution in [1.29, 1.82) is 0 Å². The zero-order valence-corrected chi connectivity index (χ0v) is 19.9. The summed E-state index contributed by atoms with van der Waals surface area (Å²) in [6.45, 7) is 5.50. The van der Waals surface area contributed by atoms with E-state index < -0.39 is 29.8 Å². The molecule has 10 nitrogen and oxygen atoms in total. The lowest BCUT2D eigenvalue weighted by molar-refractivity contribution is -0.143. The fourth-order valence-electron chi connectivity index (χ4n) is 4.33. The van der Waals surface area contributed by atoms with Gasteiger partial charge in [0.15, 0.2) is 5.75 Å². The number of halogens is 1. The summed E-state index contributed by atoms with van der Waals surface area (Å²) in [6.07, 6.45) is 0.750. The number of likely N-dealkylation sites (tertiary alicyclic amines) is 1. The lowest BCUT2D eigenvalue weighted by atomic mass is 9.91. The van der Waals surface area contributed by atoms with Crippen molar-refractivity contribution in [2.75, 3.05) is 6.54 Å². The van der Waals surface area contributed by atoms with Gasteiger partial charge in [0.2, 0.25) is 5.91 Å². The van der Waals surface area contributed by atoms with Crippen LogP contribution in [0.3, 0.4) is 0 Å². The van der Waals surface area contributed by atoms with Crippen molar-refractivity contribution >= 4 is 11.8 Å². The predicted octanol–water partition coefficient (Wildman–Crippen LogP) is 2.33. The lowest BCUT2D eigenvalue weighted by Gasteiger charge is -2.28. The fraction of sp³-hybridized carbons (Fsp3) is 0.417. The zero-order valence-electron chi connectivity index (χ0n) is 19.9. The Morgan fingerprint density at radius 1 is 1.29 bits per heavy atom. The third-order valence-electron chi connectivity index (χ3n) is 6.06. The molecular weight excluding hydrogens is 457 g/mol. The van der Waals surface area contributed by atoms with Crippen LogP contribution < -0.4 is 10.3 Å². The highest BCUT2D eigenvalue weighted by atomic mass is 19.1. The van der Waals surface area contributed by atoms with Crippen LogP contribution >= 0.6 is 0 Å². The van der Waals surface area contributed by atoms with Gasteiger partial charge in [-0.2, -0.15) is 10.6 Å². The smallest absolute Gasteiger partial charge is 0.275 e. The number of benzene rings is 1. The number of rotatable bonds is 7. The number of nitrogens with zero attached hydrogens (tertiary/aromatic N) is 4. The van der Waals surface area contributed by atoms with Gasteiger partial charge < -0.3 is 19.4 Å². The standard InChI is InChI=1S/C24H28FN5O5/c1-13(2)22(21-9-14(3)27-35-21)24(33)30-12-15(31)10-20(30)23(32)28-34-16-5-6-17(18(25)11-16)19-7-8-26-29(19)4/h5-9,11,13,15,20,22,31H,10,12H2,1-4H3,(H,28,32)/t15-,20+,22-/m1/s1. The summed E-state index contributed by atoms with van der Waals surface area (Å²) in [4.78, 5) is 33.0.